The number of likely N-dealkylation sites (N-methyl/N-ethyl adjacent to an activating group) is 1. The van der Waals surface area contributed by atoms with Crippen LogP contribution in [0.5, 0.6) is 5.75 Å². The summed E-state index contributed by atoms with van der Waals surface area (Å²) in [4.78, 5) is 17.1. The molecule has 0 spiro atoms. The number of nitrogens with one attached hydrogen (secondary N) is 1. The minimum absolute atomic E-state index is 0.243. The monoisotopic (exact) mass is 433 g/mol. The highest BCUT2D eigenvalue weighted by Gasteiger charge is 2.15. The maximum Gasteiger partial charge on any atom is 0.248 e. The van der Waals surface area contributed by atoms with Crippen molar-refractivity contribution in [2.75, 3.05) is 50.1 Å². The Bertz CT molecular complexity index is 876. The molecule has 0 aromatic heterocycles. The summed E-state index contributed by atoms with van der Waals surface area (Å²) < 4.78 is 5.29. The molecule has 3 rings (SSSR count). The number of benzene rings is 2. The van der Waals surface area contributed by atoms with Gasteiger partial charge in [-0.2, -0.15) is 0 Å². The van der Waals surface area contributed by atoms with Crippen molar-refractivity contribution in [3.63, 3.8) is 0 Å². The molecule has 0 atom stereocenters. The lowest BCUT2D eigenvalue weighted by Crippen LogP contribution is -2.46. The van der Waals surface area contributed by atoms with Gasteiger partial charge in [-0.1, -0.05) is 30.1 Å². The molecule has 1 aliphatic heterocycles. The van der Waals surface area contributed by atoms with Gasteiger partial charge in [0.2, 0.25) is 5.91 Å². The Balaban J connectivity index is 1.61. The predicted octanol–water partition coefficient (Wildman–Crippen LogP) is 4.80. The Hall–Kier alpha value is -2.21. The summed E-state index contributed by atoms with van der Waals surface area (Å²) in [6.07, 6.45) is 3.07. The summed E-state index contributed by atoms with van der Waals surface area (Å²) in [5, 5.41) is 3.74. The number of halogens is 2. The largest absolute Gasteiger partial charge is 0.495 e. The van der Waals surface area contributed by atoms with Gasteiger partial charge in [-0.3, -0.25) is 4.79 Å². The van der Waals surface area contributed by atoms with E-state index < -0.39 is 0 Å². The predicted molar refractivity (Wildman–Crippen MR) is 121 cm³/mol. The zero-order chi connectivity index (χ0) is 20.8. The molecule has 7 heteroatoms. The van der Waals surface area contributed by atoms with Crippen molar-refractivity contribution < 1.29 is 9.53 Å². The van der Waals surface area contributed by atoms with Crippen molar-refractivity contribution in [2.45, 2.75) is 6.92 Å². The van der Waals surface area contributed by atoms with Gasteiger partial charge in [-0.25, -0.2) is 0 Å². The van der Waals surface area contributed by atoms with Crippen molar-refractivity contribution in [3.8, 4) is 5.75 Å². The van der Waals surface area contributed by atoms with Crippen LogP contribution in [-0.2, 0) is 4.79 Å². The molecule has 0 aliphatic carbocycles. The maximum atomic E-state index is 12.3. The number of methoxy groups -OCH3 is 1. The second-order valence-corrected chi connectivity index (χ2v) is 7.64. The smallest absolute Gasteiger partial charge is 0.248 e. The number of carbonyl (C=O) groups excluding carboxylic acids is 1. The SMILES string of the molecule is CCN1CCN(c2ccc(NC(=O)C=Cc3cc(Cl)cc(Cl)c3OC)cc2)CC1. The van der Waals surface area contributed by atoms with E-state index in [-0.39, 0.29) is 5.91 Å². The van der Waals surface area contributed by atoms with E-state index in [1.165, 1.54) is 18.9 Å². The molecular formula is C22H25Cl2N3O2. The molecule has 1 aliphatic rings. The first kappa shape index (κ1) is 21.5. The molecule has 1 fully saturated rings. The molecule has 5 nitrogen and oxygen atoms in total. The summed E-state index contributed by atoms with van der Waals surface area (Å²) >= 11 is 12.2. The Labute approximate surface area is 181 Å². The fourth-order valence-corrected chi connectivity index (χ4v) is 3.93. The van der Waals surface area contributed by atoms with Crippen LogP contribution in [0.2, 0.25) is 10.0 Å². The number of hydrogen-bond acceptors (Lipinski definition) is 4. The molecule has 2 aromatic carbocycles. The average molecular weight is 434 g/mol. The van der Waals surface area contributed by atoms with E-state index in [1.807, 2.05) is 24.3 Å². The Morgan fingerprint density at radius 1 is 1.14 bits per heavy atom. The molecule has 0 radical (unpaired) electrons. The number of anilines is 2. The standard InChI is InChI=1S/C22H25Cl2N3O2/c1-3-26-10-12-27(13-11-26)19-7-5-18(6-8-19)25-21(28)9-4-16-14-17(23)15-20(24)22(16)29-2/h4-9,14-15H,3,10-13H2,1-2H3,(H,25,28). The van der Waals surface area contributed by atoms with Crippen LogP contribution in [0, 0.1) is 0 Å². The molecule has 0 unspecified atom stereocenters. The van der Waals surface area contributed by atoms with E-state index in [4.69, 9.17) is 27.9 Å². The Morgan fingerprint density at radius 2 is 1.83 bits per heavy atom. The first-order chi connectivity index (χ1) is 14.0. The van der Waals surface area contributed by atoms with E-state index in [2.05, 4.69) is 22.0 Å². The second-order valence-electron chi connectivity index (χ2n) is 6.80. The van der Waals surface area contributed by atoms with Gasteiger partial charge in [0.1, 0.15) is 5.75 Å². The van der Waals surface area contributed by atoms with Gasteiger partial charge < -0.3 is 19.9 Å². The van der Waals surface area contributed by atoms with E-state index in [0.29, 0.717) is 21.4 Å². The highest BCUT2D eigenvalue weighted by molar-refractivity contribution is 6.36. The van der Waals surface area contributed by atoms with Crippen LogP contribution in [0.15, 0.2) is 42.5 Å². The van der Waals surface area contributed by atoms with Crippen molar-refractivity contribution in [1.82, 2.24) is 4.90 Å². The zero-order valence-electron chi connectivity index (χ0n) is 16.6. The van der Waals surface area contributed by atoms with Gasteiger partial charge in [0, 0.05) is 54.2 Å². The third kappa shape index (κ3) is 5.66. The molecule has 1 saturated heterocycles. The number of piperazine rings is 1. The normalized spacial score (nSPS) is 15.0. The molecule has 1 N–H and O–H groups in total. The lowest BCUT2D eigenvalue weighted by molar-refractivity contribution is -0.111. The molecule has 154 valence electrons. The van der Waals surface area contributed by atoms with E-state index in [1.54, 1.807) is 18.2 Å². The topological polar surface area (TPSA) is 44.8 Å². The maximum absolute atomic E-state index is 12.3. The first-order valence-electron chi connectivity index (χ1n) is 9.59. The number of amides is 1. The number of nitrogens with zero attached hydrogens (tertiary/aromatic N) is 2. The minimum Gasteiger partial charge on any atom is -0.495 e. The van der Waals surface area contributed by atoms with Crippen LogP contribution in [0.1, 0.15) is 12.5 Å². The zero-order valence-corrected chi connectivity index (χ0v) is 18.1. The van der Waals surface area contributed by atoms with Crippen LogP contribution in [0.3, 0.4) is 0 Å². The highest BCUT2D eigenvalue weighted by Crippen LogP contribution is 2.33. The molecule has 2 aromatic rings. The fraction of sp³-hybridized carbons (Fsp3) is 0.318. The lowest BCUT2D eigenvalue weighted by Gasteiger charge is -2.35. The van der Waals surface area contributed by atoms with Crippen LogP contribution >= 0.6 is 23.2 Å². The average Bonchev–Trinajstić information content (AvgIpc) is 2.72. The quantitative estimate of drug-likeness (QED) is 0.664. The summed E-state index contributed by atoms with van der Waals surface area (Å²) in [6, 6.07) is 11.2. The van der Waals surface area contributed by atoms with Crippen LogP contribution in [-0.4, -0.2) is 50.6 Å². The van der Waals surface area contributed by atoms with Crippen molar-refractivity contribution in [1.29, 1.82) is 0 Å². The number of hydrogen-bond donors (Lipinski definition) is 1. The number of carbonyl (C=O) groups is 1. The third-order valence-corrected chi connectivity index (χ3v) is 5.47. The van der Waals surface area contributed by atoms with Crippen LogP contribution in [0.25, 0.3) is 6.08 Å². The van der Waals surface area contributed by atoms with Gasteiger partial charge in [0.15, 0.2) is 0 Å². The highest BCUT2D eigenvalue weighted by atomic mass is 35.5. The van der Waals surface area contributed by atoms with Gasteiger partial charge >= 0.3 is 0 Å². The lowest BCUT2D eigenvalue weighted by atomic mass is 10.2. The Kier molecular flexibility index (Phi) is 7.42. The van der Waals surface area contributed by atoms with E-state index in [9.17, 15) is 4.79 Å². The molecule has 29 heavy (non-hydrogen) atoms. The summed E-state index contributed by atoms with van der Waals surface area (Å²) in [5.74, 6) is 0.236. The summed E-state index contributed by atoms with van der Waals surface area (Å²) in [6.45, 7) is 7.49. The summed E-state index contributed by atoms with van der Waals surface area (Å²) in [5.41, 5.74) is 2.56. The Morgan fingerprint density at radius 3 is 2.45 bits per heavy atom. The van der Waals surface area contributed by atoms with Crippen LogP contribution in [0.4, 0.5) is 11.4 Å². The molecule has 1 heterocycles. The van der Waals surface area contributed by atoms with E-state index >= 15 is 0 Å². The van der Waals surface area contributed by atoms with E-state index in [0.717, 1.165) is 38.4 Å². The number of rotatable bonds is 6. The molecule has 0 saturated carbocycles. The van der Waals surface area contributed by atoms with Crippen molar-refractivity contribution >= 4 is 46.6 Å². The van der Waals surface area contributed by atoms with Gasteiger partial charge in [0.25, 0.3) is 0 Å². The van der Waals surface area contributed by atoms with Gasteiger partial charge in [0.05, 0.1) is 12.1 Å². The number of ether oxygens (including phenoxy) is 1. The third-order valence-electron chi connectivity index (χ3n) is 4.97. The van der Waals surface area contributed by atoms with Crippen molar-refractivity contribution in [2.24, 2.45) is 0 Å². The summed E-state index contributed by atoms with van der Waals surface area (Å²) in [7, 11) is 1.52. The van der Waals surface area contributed by atoms with Crippen molar-refractivity contribution in [3.05, 3.63) is 58.1 Å². The molecular weight excluding hydrogens is 409 g/mol. The minimum atomic E-state index is -0.243. The van der Waals surface area contributed by atoms with Gasteiger partial charge in [-0.05, 0) is 49.0 Å². The molecule has 1 amide bonds. The molecule has 0 bridgehead atoms. The second kappa shape index (κ2) is 10.0. The first-order valence-corrected chi connectivity index (χ1v) is 10.3. The van der Waals surface area contributed by atoms with Gasteiger partial charge in [-0.15, -0.1) is 0 Å². The fourth-order valence-electron chi connectivity index (χ4n) is 3.35. The van der Waals surface area contributed by atoms with Crippen LogP contribution < -0.4 is 15.0 Å².